The highest BCUT2D eigenvalue weighted by molar-refractivity contribution is 6.85. The molecule has 0 aliphatic rings. The fourth-order valence-electron chi connectivity index (χ4n) is 2.38. The van der Waals surface area contributed by atoms with Crippen molar-refractivity contribution in [2.24, 2.45) is 0 Å². The first-order valence-corrected chi connectivity index (χ1v) is 11.6. The summed E-state index contributed by atoms with van der Waals surface area (Å²) < 4.78 is 12.7. The van der Waals surface area contributed by atoms with Gasteiger partial charge < -0.3 is 8.54 Å². The minimum absolute atomic E-state index is 0.504. The second-order valence-corrected chi connectivity index (χ2v) is 15.6. The first-order chi connectivity index (χ1) is 7.66. The van der Waals surface area contributed by atoms with E-state index in [-0.39, 0.29) is 0 Å². The van der Waals surface area contributed by atoms with Gasteiger partial charge in [0.1, 0.15) is 0 Å². The van der Waals surface area contributed by atoms with Crippen LogP contribution in [0.4, 0.5) is 0 Å². The lowest BCUT2D eigenvalue weighted by molar-refractivity contribution is 0.268. The summed E-state index contributed by atoms with van der Waals surface area (Å²) in [5, 5.41) is 0. The van der Waals surface area contributed by atoms with E-state index in [0.29, 0.717) is 16.6 Å². The Hall–Kier alpha value is 0.354. The number of hydrogen-bond acceptors (Lipinski definition) is 2. The summed E-state index contributed by atoms with van der Waals surface area (Å²) in [7, 11) is -1.88. The van der Waals surface area contributed by atoms with Gasteiger partial charge in [0.2, 0.25) is 0 Å². The van der Waals surface area contributed by atoms with Crippen LogP contribution in [0.15, 0.2) is 0 Å². The van der Waals surface area contributed by atoms with Crippen LogP contribution in [0.5, 0.6) is 0 Å². The quantitative estimate of drug-likeness (QED) is 0.615. The molecule has 0 saturated carbocycles. The van der Waals surface area contributed by atoms with Crippen molar-refractivity contribution < 1.29 is 8.54 Å². The van der Waals surface area contributed by atoms with Gasteiger partial charge in [-0.1, -0.05) is 48.5 Å². The molecule has 2 nitrogen and oxygen atoms in total. The molecular weight excluding hydrogens is 244 g/mol. The van der Waals surface area contributed by atoms with E-state index in [9.17, 15) is 0 Å². The highest BCUT2D eigenvalue weighted by atomic mass is 28.4. The van der Waals surface area contributed by atoms with Crippen LogP contribution in [0.1, 0.15) is 48.5 Å². The standard InChI is InChI=1S/C13H32O2Si2/c1-10-16(9,11(2)3)15-17(14-8,12(4)5)13(6)7/h11-13H,10H2,1-9H3. The van der Waals surface area contributed by atoms with E-state index in [4.69, 9.17) is 8.54 Å². The van der Waals surface area contributed by atoms with E-state index in [1.807, 2.05) is 7.11 Å². The zero-order chi connectivity index (χ0) is 13.9. The lowest BCUT2D eigenvalue weighted by Crippen LogP contribution is -2.56. The van der Waals surface area contributed by atoms with Gasteiger partial charge in [-0.3, -0.25) is 0 Å². The van der Waals surface area contributed by atoms with Gasteiger partial charge in [-0.25, -0.2) is 0 Å². The summed E-state index contributed by atoms with van der Waals surface area (Å²) in [5.74, 6) is 0. The van der Waals surface area contributed by atoms with Crippen LogP contribution in [-0.4, -0.2) is 24.0 Å². The summed E-state index contributed by atoms with van der Waals surface area (Å²) in [6.07, 6.45) is 0. The first kappa shape index (κ1) is 17.4. The van der Waals surface area contributed by atoms with Crippen molar-refractivity contribution in [3.8, 4) is 0 Å². The summed E-state index contributed by atoms with van der Waals surface area (Å²) in [4.78, 5) is 0. The van der Waals surface area contributed by atoms with Gasteiger partial charge in [-0.05, 0) is 29.2 Å². The molecule has 0 fully saturated rings. The Balaban J connectivity index is 5.23. The molecule has 1 unspecified atom stereocenters. The smallest absolute Gasteiger partial charge is 0.332 e. The third kappa shape index (κ3) is 3.66. The van der Waals surface area contributed by atoms with Crippen molar-refractivity contribution in [1.82, 2.24) is 0 Å². The molecule has 0 saturated heterocycles. The molecule has 0 rings (SSSR count). The van der Waals surface area contributed by atoms with E-state index in [0.717, 1.165) is 0 Å². The third-order valence-corrected chi connectivity index (χ3v) is 15.1. The number of rotatable bonds is 7. The fraction of sp³-hybridized carbons (Fsp3) is 1.00. The molecule has 0 aliphatic heterocycles. The number of hydrogen-bond donors (Lipinski definition) is 0. The summed E-state index contributed by atoms with van der Waals surface area (Å²) in [5.41, 5.74) is 1.65. The fourth-order valence-corrected chi connectivity index (χ4v) is 12.1. The molecule has 104 valence electrons. The van der Waals surface area contributed by atoms with Crippen molar-refractivity contribution in [1.29, 1.82) is 0 Å². The SMILES string of the molecule is CC[Si](C)(O[Si](OC)(C(C)C)C(C)C)C(C)C. The Kier molecular flexibility index (Phi) is 6.64. The van der Waals surface area contributed by atoms with E-state index in [1.54, 1.807) is 0 Å². The van der Waals surface area contributed by atoms with Gasteiger partial charge in [-0.2, -0.15) is 0 Å². The lowest BCUT2D eigenvalue weighted by Gasteiger charge is -2.45. The van der Waals surface area contributed by atoms with Crippen molar-refractivity contribution in [2.45, 2.75) is 77.7 Å². The minimum Gasteiger partial charge on any atom is -0.435 e. The van der Waals surface area contributed by atoms with Gasteiger partial charge in [0.25, 0.3) is 0 Å². The van der Waals surface area contributed by atoms with E-state index < -0.39 is 16.9 Å². The average molecular weight is 277 g/mol. The summed E-state index contributed by atoms with van der Waals surface area (Å²) >= 11 is 0. The molecule has 0 amide bonds. The molecule has 0 heterocycles. The Bertz CT molecular complexity index is 221. The predicted octanol–water partition coefficient (Wildman–Crippen LogP) is 4.92. The molecule has 1 atom stereocenters. The van der Waals surface area contributed by atoms with Crippen LogP contribution >= 0.6 is 0 Å². The van der Waals surface area contributed by atoms with Crippen molar-refractivity contribution in [2.75, 3.05) is 7.11 Å². The summed E-state index contributed by atoms with van der Waals surface area (Å²) in [6.45, 7) is 18.2. The second-order valence-electron chi connectivity index (χ2n) is 6.16. The van der Waals surface area contributed by atoms with Gasteiger partial charge >= 0.3 is 8.56 Å². The maximum absolute atomic E-state index is 6.76. The minimum atomic E-state index is -2.08. The molecular formula is C13H32O2Si2. The average Bonchev–Trinajstić information content (AvgIpc) is 2.24. The second kappa shape index (κ2) is 6.50. The van der Waals surface area contributed by atoms with Crippen molar-refractivity contribution in [3.05, 3.63) is 0 Å². The molecule has 0 aromatic heterocycles. The maximum atomic E-state index is 6.76. The Morgan fingerprint density at radius 1 is 0.882 bits per heavy atom. The third-order valence-electron chi connectivity index (χ3n) is 4.24. The Labute approximate surface area is 110 Å². The van der Waals surface area contributed by atoms with Gasteiger partial charge in [0, 0.05) is 7.11 Å². The van der Waals surface area contributed by atoms with Gasteiger partial charge in [0.05, 0.1) is 0 Å². The zero-order valence-corrected chi connectivity index (χ0v) is 15.3. The molecule has 0 radical (unpaired) electrons. The maximum Gasteiger partial charge on any atom is 0.332 e. The van der Waals surface area contributed by atoms with Crippen LogP contribution in [0.25, 0.3) is 0 Å². The lowest BCUT2D eigenvalue weighted by atomic mass is 10.5. The highest BCUT2D eigenvalue weighted by Crippen LogP contribution is 2.40. The summed E-state index contributed by atoms with van der Waals surface area (Å²) in [6, 6.07) is 1.17. The van der Waals surface area contributed by atoms with Gasteiger partial charge in [-0.15, -0.1) is 0 Å². The topological polar surface area (TPSA) is 18.5 Å². The van der Waals surface area contributed by atoms with Crippen LogP contribution < -0.4 is 0 Å². The first-order valence-electron chi connectivity index (χ1n) is 6.91. The van der Waals surface area contributed by atoms with Gasteiger partial charge in [0.15, 0.2) is 8.32 Å². The monoisotopic (exact) mass is 276 g/mol. The molecule has 17 heavy (non-hydrogen) atoms. The largest absolute Gasteiger partial charge is 0.435 e. The molecule has 4 heteroatoms. The van der Waals surface area contributed by atoms with Crippen LogP contribution in [0.3, 0.4) is 0 Å². The van der Waals surface area contributed by atoms with E-state index in [2.05, 4.69) is 55.0 Å². The normalized spacial score (nSPS) is 16.9. The van der Waals surface area contributed by atoms with Crippen LogP contribution in [-0.2, 0) is 8.54 Å². The molecule has 0 N–H and O–H groups in total. The van der Waals surface area contributed by atoms with Crippen molar-refractivity contribution in [3.63, 3.8) is 0 Å². The molecule has 0 bridgehead atoms. The molecule has 0 aromatic carbocycles. The van der Waals surface area contributed by atoms with E-state index in [1.165, 1.54) is 6.04 Å². The van der Waals surface area contributed by atoms with Crippen LogP contribution in [0.2, 0.25) is 29.2 Å². The van der Waals surface area contributed by atoms with Crippen molar-refractivity contribution >= 4 is 16.9 Å². The molecule has 0 spiro atoms. The predicted molar refractivity (Wildman–Crippen MR) is 81.2 cm³/mol. The molecule has 0 aromatic rings. The Morgan fingerprint density at radius 2 is 1.29 bits per heavy atom. The van der Waals surface area contributed by atoms with Crippen LogP contribution in [0, 0.1) is 0 Å². The van der Waals surface area contributed by atoms with E-state index >= 15 is 0 Å². The zero-order valence-electron chi connectivity index (χ0n) is 13.3. The molecule has 0 aliphatic carbocycles. The highest BCUT2D eigenvalue weighted by Gasteiger charge is 2.49. The Morgan fingerprint density at radius 3 is 1.47 bits per heavy atom.